The maximum Gasteiger partial charge on any atom is 0.286 e. The molecule has 1 aromatic rings. The molecule has 1 aromatic carbocycles. The van der Waals surface area contributed by atoms with Crippen molar-refractivity contribution in [1.29, 1.82) is 0 Å². The van der Waals surface area contributed by atoms with E-state index in [2.05, 4.69) is 54.9 Å². The fourth-order valence-electron chi connectivity index (χ4n) is 2.86. The van der Waals surface area contributed by atoms with Crippen LogP contribution < -0.4 is 0 Å². The van der Waals surface area contributed by atoms with E-state index in [1.54, 1.807) is 0 Å². The third-order valence-corrected chi connectivity index (χ3v) is 5.61. The first-order chi connectivity index (χ1) is 11.0. The standard InChI is InChI=1S/C19H24N2OS/c1-13(2)16-6-4-15(5-7-16)12-17-18(22)20-19(23-17)21-10-8-14(3)9-11-21/h4-7,12-14H,8-11H2,1-3H3. The number of amides is 1. The van der Waals surface area contributed by atoms with Gasteiger partial charge in [0.2, 0.25) is 0 Å². The Morgan fingerprint density at radius 3 is 2.48 bits per heavy atom. The van der Waals surface area contributed by atoms with E-state index in [4.69, 9.17) is 0 Å². The molecule has 4 heteroatoms. The van der Waals surface area contributed by atoms with E-state index in [-0.39, 0.29) is 5.91 Å². The SMILES string of the molecule is CC1CCN(C2=NC(=O)C(=Cc3ccc(C(C)C)cc3)S2)CC1. The van der Waals surface area contributed by atoms with Gasteiger partial charge in [-0.1, -0.05) is 45.0 Å². The molecule has 2 aliphatic rings. The first kappa shape index (κ1) is 16.3. The van der Waals surface area contributed by atoms with E-state index >= 15 is 0 Å². The van der Waals surface area contributed by atoms with Crippen LogP contribution in [0.25, 0.3) is 6.08 Å². The van der Waals surface area contributed by atoms with Crippen LogP contribution in [0.2, 0.25) is 0 Å². The van der Waals surface area contributed by atoms with Gasteiger partial charge < -0.3 is 4.90 Å². The zero-order valence-electron chi connectivity index (χ0n) is 14.1. The summed E-state index contributed by atoms with van der Waals surface area (Å²) < 4.78 is 0. The minimum Gasteiger partial charge on any atom is -0.351 e. The molecule has 23 heavy (non-hydrogen) atoms. The van der Waals surface area contributed by atoms with Crippen molar-refractivity contribution in [2.75, 3.05) is 13.1 Å². The molecular weight excluding hydrogens is 304 g/mol. The lowest BCUT2D eigenvalue weighted by molar-refractivity contribution is -0.113. The molecule has 0 saturated carbocycles. The number of benzene rings is 1. The fraction of sp³-hybridized carbons (Fsp3) is 0.474. The van der Waals surface area contributed by atoms with Crippen molar-refractivity contribution in [1.82, 2.24) is 4.90 Å². The van der Waals surface area contributed by atoms with E-state index in [9.17, 15) is 4.79 Å². The van der Waals surface area contributed by atoms with Gasteiger partial charge >= 0.3 is 0 Å². The summed E-state index contributed by atoms with van der Waals surface area (Å²) in [5, 5.41) is 0.881. The number of piperidine rings is 1. The molecule has 3 rings (SSSR count). The lowest BCUT2D eigenvalue weighted by Gasteiger charge is -2.30. The monoisotopic (exact) mass is 328 g/mol. The Hall–Kier alpha value is -1.55. The summed E-state index contributed by atoms with van der Waals surface area (Å²) in [4.78, 5) is 19.4. The minimum absolute atomic E-state index is 0.100. The Labute approximate surface area is 142 Å². The van der Waals surface area contributed by atoms with Gasteiger partial charge in [0.1, 0.15) is 0 Å². The minimum atomic E-state index is -0.100. The Bertz CT molecular complexity index is 638. The van der Waals surface area contributed by atoms with Gasteiger partial charge in [0.05, 0.1) is 4.91 Å². The normalized spacial score (nSPS) is 21.4. The van der Waals surface area contributed by atoms with Gasteiger partial charge in [-0.3, -0.25) is 4.79 Å². The third kappa shape index (κ3) is 3.86. The summed E-state index contributed by atoms with van der Waals surface area (Å²) >= 11 is 1.52. The van der Waals surface area contributed by atoms with Crippen molar-refractivity contribution in [2.24, 2.45) is 10.9 Å². The zero-order valence-corrected chi connectivity index (χ0v) is 14.9. The number of likely N-dealkylation sites (tertiary alicyclic amines) is 1. The quantitative estimate of drug-likeness (QED) is 0.749. The Kier molecular flexibility index (Phi) is 4.90. The predicted molar refractivity (Wildman–Crippen MR) is 98.5 cm³/mol. The summed E-state index contributed by atoms with van der Waals surface area (Å²) in [6.07, 6.45) is 4.33. The van der Waals surface area contributed by atoms with Crippen LogP contribution in [0, 0.1) is 5.92 Å². The van der Waals surface area contributed by atoms with E-state index in [1.807, 2.05) is 6.08 Å². The Morgan fingerprint density at radius 1 is 1.22 bits per heavy atom. The summed E-state index contributed by atoms with van der Waals surface area (Å²) in [7, 11) is 0. The maximum atomic E-state index is 12.2. The van der Waals surface area contributed by atoms with Crippen LogP contribution in [-0.2, 0) is 4.79 Å². The number of rotatable bonds is 2. The average molecular weight is 328 g/mol. The van der Waals surface area contributed by atoms with Gasteiger partial charge in [-0.05, 0) is 53.6 Å². The highest BCUT2D eigenvalue weighted by molar-refractivity contribution is 8.18. The molecule has 0 radical (unpaired) electrons. The highest BCUT2D eigenvalue weighted by Gasteiger charge is 2.28. The molecule has 0 N–H and O–H groups in total. The first-order valence-corrected chi connectivity index (χ1v) is 9.22. The van der Waals surface area contributed by atoms with Crippen LogP contribution in [0.4, 0.5) is 0 Å². The van der Waals surface area contributed by atoms with Crippen LogP contribution in [0.15, 0.2) is 34.2 Å². The molecule has 1 fully saturated rings. The van der Waals surface area contributed by atoms with Crippen LogP contribution in [0.3, 0.4) is 0 Å². The second-order valence-corrected chi connectivity index (χ2v) is 7.81. The molecule has 2 aliphatic heterocycles. The van der Waals surface area contributed by atoms with Crippen LogP contribution in [0.1, 0.15) is 50.7 Å². The molecule has 0 atom stereocenters. The summed E-state index contributed by atoms with van der Waals surface area (Å²) in [5.74, 6) is 1.20. The highest BCUT2D eigenvalue weighted by Crippen LogP contribution is 2.32. The number of hydrogen-bond acceptors (Lipinski definition) is 3. The fourth-order valence-corrected chi connectivity index (χ4v) is 3.83. The maximum absolute atomic E-state index is 12.2. The lowest BCUT2D eigenvalue weighted by atomic mass is 10.00. The number of aliphatic imine (C=N–C) groups is 1. The largest absolute Gasteiger partial charge is 0.351 e. The molecule has 122 valence electrons. The van der Waals surface area contributed by atoms with E-state index < -0.39 is 0 Å². The van der Waals surface area contributed by atoms with Crippen LogP contribution >= 0.6 is 11.8 Å². The van der Waals surface area contributed by atoms with Crippen LogP contribution in [-0.4, -0.2) is 29.1 Å². The Balaban J connectivity index is 1.69. The predicted octanol–water partition coefficient (Wildman–Crippen LogP) is 4.51. The number of thioether (sulfide) groups is 1. The average Bonchev–Trinajstić information content (AvgIpc) is 2.89. The molecule has 0 unspecified atom stereocenters. The molecule has 3 nitrogen and oxygen atoms in total. The molecule has 0 bridgehead atoms. The molecule has 0 aliphatic carbocycles. The van der Waals surface area contributed by atoms with Gasteiger partial charge in [-0.15, -0.1) is 0 Å². The van der Waals surface area contributed by atoms with Crippen molar-refractivity contribution in [2.45, 2.75) is 39.5 Å². The van der Waals surface area contributed by atoms with Gasteiger partial charge in [0.15, 0.2) is 5.17 Å². The summed E-state index contributed by atoms with van der Waals surface area (Å²) in [6.45, 7) is 8.68. The number of nitrogens with zero attached hydrogens (tertiary/aromatic N) is 2. The van der Waals surface area contributed by atoms with Crippen molar-refractivity contribution in [3.63, 3.8) is 0 Å². The zero-order chi connectivity index (χ0) is 16.4. The second kappa shape index (κ2) is 6.91. The topological polar surface area (TPSA) is 32.7 Å². The lowest BCUT2D eigenvalue weighted by Crippen LogP contribution is -2.35. The molecule has 0 aromatic heterocycles. The summed E-state index contributed by atoms with van der Waals surface area (Å²) in [6, 6.07) is 8.43. The van der Waals surface area contributed by atoms with Gasteiger partial charge in [0, 0.05) is 13.1 Å². The number of amidine groups is 1. The van der Waals surface area contributed by atoms with Crippen molar-refractivity contribution < 1.29 is 4.79 Å². The third-order valence-electron chi connectivity index (χ3n) is 4.56. The molecule has 1 saturated heterocycles. The first-order valence-electron chi connectivity index (χ1n) is 8.40. The second-order valence-electron chi connectivity index (χ2n) is 6.80. The smallest absolute Gasteiger partial charge is 0.286 e. The van der Waals surface area contributed by atoms with Crippen molar-refractivity contribution in [3.05, 3.63) is 40.3 Å². The van der Waals surface area contributed by atoms with Crippen LogP contribution in [0.5, 0.6) is 0 Å². The van der Waals surface area contributed by atoms with Gasteiger partial charge in [-0.25, -0.2) is 0 Å². The molecule has 1 amide bonds. The van der Waals surface area contributed by atoms with E-state index in [0.29, 0.717) is 5.92 Å². The molecule has 2 heterocycles. The van der Waals surface area contributed by atoms with Gasteiger partial charge in [-0.2, -0.15) is 4.99 Å². The Morgan fingerprint density at radius 2 is 1.87 bits per heavy atom. The van der Waals surface area contributed by atoms with Gasteiger partial charge in [0.25, 0.3) is 5.91 Å². The van der Waals surface area contributed by atoms with E-state index in [1.165, 1.54) is 30.2 Å². The highest BCUT2D eigenvalue weighted by atomic mass is 32.2. The molecular formula is C19H24N2OS. The number of hydrogen-bond donors (Lipinski definition) is 0. The van der Waals surface area contributed by atoms with E-state index in [0.717, 1.165) is 34.6 Å². The van der Waals surface area contributed by atoms with Crippen molar-refractivity contribution >= 4 is 28.9 Å². The summed E-state index contributed by atoms with van der Waals surface area (Å²) in [5.41, 5.74) is 2.38. The number of carbonyl (C=O) groups excluding carboxylic acids is 1. The number of carbonyl (C=O) groups is 1. The molecule has 0 spiro atoms. The van der Waals surface area contributed by atoms with Crippen molar-refractivity contribution in [3.8, 4) is 0 Å².